The van der Waals surface area contributed by atoms with Crippen molar-refractivity contribution in [2.45, 2.75) is 11.9 Å². The summed E-state index contributed by atoms with van der Waals surface area (Å²) in [5.74, 6) is 0. The summed E-state index contributed by atoms with van der Waals surface area (Å²) in [7, 11) is 0. The normalized spacial score (nSPS) is 23.2. The van der Waals surface area contributed by atoms with E-state index in [9.17, 15) is 0 Å². The Morgan fingerprint density at radius 2 is 2.60 bits per heavy atom. The van der Waals surface area contributed by atoms with Crippen molar-refractivity contribution in [1.29, 1.82) is 5.26 Å². The molecule has 0 radical (unpaired) electrons. The predicted octanol–water partition coefficient (Wildman–Crippen LogP) is 0.662. The number of nitrogens with two attached hydrogens (primary N) is 1. The van der Waals surface area contributed by atoms with Crippen LogP contribution in [0.2, 0.25) is 0 Å². The molecule has 3 nitrogen and oxygen atoms in total. The third kappa shape index (κ3) is 1.66. The maximum absolute atomic E-state index is 8.26. The molecular weight excluding hydrogens is 146 g/mol. The van der Waals surface area contributed by atoms with Crippen molar-refractivity contribution >= 4 is 11.8 Å². The van der Waals surface area contributed by atoms with Gasteiger partial charge in [0.15, 0.2) is 0 Å². The van der Waals surface area contributed by atoms with Gasteiger partial charge in [-0.25, -0.2) is 0 Å². The Balaban J connectivity index is 2.28. The van der Waals surface area contributed by atoms with Crippen molar-refractivity contribution in [3.63, 3.8) is 0 Å². The fourth-order valence-electron chi connectivity index (χ4n) is 0.738. The summed E-state index contributed by atoms with van der Waals surface area (Å²) < 4.78 is 0. The van der Waals surface area contributed by atoms with Crippen LogP contribution in [0.25, 0.3) is 0 Å². The van der Waals surface area contributed by atoms with Gasteiger partial charge in [-0.2, -0.15) is 5.26 Å². The summed E-state index contributed by atoms with van der Waals surface area (Å²) in [6, 6.07) is 2.07. The van der Waals surface area contributed by atoms with Crippen LogP contribution in [-0.4, -0.2) is 16.9 Å². The highest BCUT2D eigenvalue weighted by Crippen LogP contribution is 2.20. The third-order valence-electron chi connectivity index (χ3n) is 1.28. The topological polar surface area (TPSA) is 53.0 Å². The monoisotopic (exact) mass is 155 g/mol. The molecule has 0 fully saturated rings. The molecule has 0 amide bonds. The Kier molecular flexibility index (Phi) is 2.60. The number of rotatable bonds is 2. The van der Waals surface area contributed by atoms with Gasteiger partial charge in [0.25, 0.3) is 0 Å². The van der Waals surface area contributed by atoms with E-state index in [1.54, 1.807) is 11.8 Å². The number of nitriles is 1. The van der Waals surface area contributed by atoms with E-state index in [0.717, 1.165) is 6.54 Å². The molecule has 1 aliphatic rings. The molecule has 0 bridgehead atoms. The fraction of sp³-hybridized carbons (Fsp3) is 0.500. The average molecular weight is 155 g/mol. The molecule has 0 aromatic carbocycles. The van der Waals surface area contributed by atoms with Crippen LogP contribution in [0, 0.1) is 11.3 Å². The molecule has 0 aliphatic carbocycles. The van der Waals surface area contributed by atoms with Crippen LogP contribution in [0.3, 0.4) is 0 Å². The van der Waals surface area contributed by atoms with Gasteiger partial charge in [-0.15, -0.1) is 0 Å². The summed E-state index contributed by atoms with van der Waals surface area (Å²) in [4.78, 5) is 1.95. The largest absolute Gasteiger partial charge is 0.352 e. The molecule has 1 rings (SSSR count). The first-order chi connectivity index (χ1) is 4.84. The van der Waals surface area contributed by atoms with Crippen LogP contribution >= 0.6 is 11.8 Å². The van der Waals surface area contributed by atoms with E-state index in [1.165, 1.54) is 0 Å². The molecule has 0 aromatic rings. The van der Waals surface area contributed by atoms with Crippen LogP contribution < -0.4 is 5.73 Å². The number of hydrogen-bond acceptors (Lipinski definition) is 4. The lowest BCUT2D eigenvalue weighted by Crippen LogP contribution is -2.32. The van der Waals surface area contributed by atoms with Gasteiger partial charge in [-0.3, -0.25) is 0 Å². The highest BCUT2D eigenvalue weighted by Gasteiger charge is 2.13. The SMILES string of the molecule is N#CCCN1C=CSC1N. The van der Waals surface area contributed by atoms with Gasteiger partial charge in [0.1, 0.15) is 5.50 Å². The molecule has 54 valence electrons. The first-order valence-corrected chi connectivity index (χ1v) is 3.99. The van der Waals surface area contributed by atoms with E-state index < -0.39 is 0 Å². The van der Waals surface area contributed by atoms with Crippen molar-refractivity contribution in [2.75, 3.05) is 6.54 Å². The second-order valence-electron chi connectivity index (χ2n) is 1.96. The standard InChI is InChI=1S/C6H9N3S/c7-2-1-3-9-4-5-10-6(9)8/h4-6H,1,3,8H2. The van der Waals surface area contributed by atoms with Crippen LogP contribution in [0.4, 0.5) is 0 Å². The van der Waals surface area contributed by atoms with Crippen LogP contribution in [0.5, 0.6) is 0 Å². The van der Waals surface area contributed by atoms with E-state index >= 15 is 0 Å². The van der Waals surface area contributed by atoms with Crippen LogP contribution in [-0.2, 0) is 0 Å². The zero-order valence-corrected chi connectivity index (χ0v) is 6.34. The summed E-state index contributed by atoms with van der Waals surface area (Å²) in [6.45, 7) is 0.737. The lowest BCUT2D eigenvalue weighted by molar-refractivity contribution is 0.375. The average Bonchev–Trinajstić information content (AvgIpc) is 2.31. The second kappa shape index (κ2) is 3.49. The Bertz CT molecular complexity index is 172. The number of nitrogens with zero attached hydrogens (tertiary/aromatic N) is 2. The van der Waals surface area contributed by atoms with Crippen molar-refractivity contribution in [3.8, 4) is 6.07 Å². The highest BCUT2D eigenvalue weighted by molar-refractivity contribution is 8.02. The van der Waals surface area contributed by atoms with E-state index in [-0.39, 0.29) is 5.50 Å². The maximum atomic E-state index is 8.26. The number of thioether (sulfide) groups is 1. The van der Waals surface area contributed by atoms with Crippen molar-refractivity contribution in [1.82, 2.24) is 4.90 Å². The van der Waals surface area contributed by atoms with Gasteiger partial charge in [0.05, 0.1) is 12.5 Å². The minimum absolute atomic E-state index is 0.0216. The molecule has 0 spiro atoms. The first kappa shape index (κ1) is 7.45. The number of hydrogen-bond donors (Lipinski definition) is 1. The molecule has 10 heavy (non-hydrogen) atoms. The van der Waals surface area contributed by atoms with Crippen molar-refractivity contribution < 1.29 is 0 Å². The Morgan fingerprint density at radius 1 is 1.80 bits per heavy atom. The second-order valence-corrected chi connectivity index (χ2v) is 2.99. The van der Waals surface area contributed by atoms with Crippen LogP contribution in [0.1, 0.15) is 6.42 Å². The van der Waals surface area contributed by atoms with Gasteiger partial charge >= 0.3 is 0 Å². The molecule has 1 unspecified atom stereocenters. The molecule has 4 heteroatoms. The summed E-state index contributed by atoms with van der Waals surface area (Å²) >= 11 is 1.57. The lowest BCUT2D eigenvalue weighted by atomic mass is 10.4. The lowest BCUT2D eigenvalue weighted by Gasteiger charge is -2.18. The smallest absolute Gasteiger partial charge is 0.129 e. The molecule has 0 aromatic heterocycles. The van der Waals surface area contributed by atoms with Crippen molar-refractivity contribution in [2.24, 2.45) is 5.73 Å². The molecule has 0 saturated carbocycles. The Labute approximate surface area is 64.5 Å². The quantitative estimate of drug-likeness (QED) is 0.636. The minimum Gasteiger partial charge on any atom is -0.352 e. The molecule has 2 N–H and O–H groups in total. The Morgan fingerprint density at radius 3 is 3.10 bits per heavy atom. The van der Waals surface area contributed by atoms with E-state index in [4.69, 9.17) is 11.0 Å². The summed E-state index contributed by atoms with van der Waals surface area (Å²) in [5.41, 5.74) is 5.66. The van der Waals surface area contributed by atoms with E-state index in [2.05, 4.69) is 6.07 Å². The Hall–Kier alpha value is -0.660. The van der Waals surface area contributed by atoms with E-state index in [1.807, 2.05) is 16.5 Å². The van der Waals surface area contributed by atoms with Gasteiger partial charge in [0.2, 0.25) is 0 Å². The van der Waals surface area contributed by atoms with Crippen LogP contribution in [0.15, 0.2) is 11.6 Å². The zero-order chi connectivity index (χ0) is 7.40. The fourth-order valence-corrected chi connectivity index (χ4v) is 1.46. The van der Waals surface area contributed by atoms with Gasteiger partial charge in [-0.05, 0) is 5.41 Å². The predicted molar refractivity (Wildman–Crippen MR) is 41.6 cm³/mol. The maximum Gasteiger partial charge on any atom is 0.129 e. The van der Waals surface area contributed by atoms with Gasteiger partial charge in [0, 0.05) is 12.7 Å². The highest BCUT2D eigenvalue weighted by atomic mass is 32.2. The molecule has 1 atom stereocenters. The van der Waals surface area contributed by atoms with Crippen molar-refractivity contribution in [3.05, 3.63) is 11.6 Å². The first-order valence-electron chi connectivity index (χ1n) is 3.05. The molecular formula is C6H9N3S. The van der Waals surface area contributed by atoms with Gasteiger partial charge in [-0.1, -0.05) is 11.8 Å². The summed E-state index contributed by atoms with van der Waals surface area (Å²) in [6.07, 6.45) is 2.46. The van der Waals surface area contributed by atoms with Gasteiger partial charge < -0.3 is 10.6 Å². The van der Waals surface area contributed by atoms with E-state index in [0.29, 0.717) is 6.42 Å². The summed E-state index contributed by atoms with van der Waals surface area (Å²) in [5, 5.41) is 10.2. The minimum atomic E-state index is 0.0216. The molecule has 0 saturated heterocycles. The zero-order valence-electron chi connectivity index (χ0n) is 5.53. The third-order valence-corrected chi connectivity index (χ3v) is 2.11. The molecule has 1 aliphatic heterocycles. The molecule has 1 heterocycles.